The van der Waals surface area contributed by atoms with Gasteiger partial charge < -0.3 is 8.83 Å². The summed E-state index contributed by atoms with van der Waals surface area (Å²) in [5, 5.41) is 2.96. The molecule has 4 nitrogen and oxygen atoms in total. The molecule has 0 fully saturated rings. The van der Waals surface area contributed by atoms with Crippen LogP contribution in [0.4, 0.5) is 0 Å². The Kier molecular flexibility index (Phi) is 6.46. The number of nitrogens with zero attached hydrogens (tertiary/aromatic N) is 2. The Labute approximate surface area is 287 Å². The highest BCUT2D eigenvalue weighted by Gasteiger charge is 2.23. The molecule has 234 valence electrons. The average Bonchev–Trinajstić information content (AvgIpc) is 3.77. The minimum Gasteiger partial charge on any atom is -0.455 e. The van der Waals surface area contributed by atoms with Crippen LogP contribution in [0.1, 0.15) is 0 Å². The van der Waals surface area contributed by atoms with Gasteiger partial charge in [0.05, 0.1) is 0 Å². The number of hydrogen-bond donors (Lipinski definition) is 0. The fourth-order valence-corrected chi connectivity index (χ4v) is 7.10. The molecule has 3 aromatic heterocycles. The lowest BCUT2D eigenvalue weighted by Crippen LogP contribution is -1.94. The summed E-state index contributed by atoms with van der Waals surface area (Å²) in [5.41, 5.74) is 13.1. The molecule has 0 bridgehead atoms. The van der Waals surface area contributed by atoms with Crippen molar-refractivity contribution >= 4 is 44.0 Å². The van der Waals surface area contributed by atoms with Crippen molar-refractivity contribution in [3.63, 3.8) is 0 Å². The summed E-state index contributed by atoms with van der Waals surface area (Å²) < 4.78 is 13.3. The van der Waals surface area contributed by atoms with Gasteiger partial charge in [-0.15, -0.1) is 0 Å². The van der Waals surface area contributed by atoms with Gasteiger partial charge in [0, 0.05) is 32.8 Å². The maximum atomic E-state index is 6.76. The summed E-state index contributed by atoms with van der Waals surface area (Å²) in [5.74, 6) is 0.637. The predicted molar refractivity (Wildman–Crippen MR) is 204 cm³/mol. The van der Waals surface area contributed by atoms with Crippen LogP contribution in [0.3, 0.4) is 0 Å². The number of furan rings is 2. The Bertz CT molecular complexity index is 2840. The van der Waals surface area contributed by atoms with Crippen molar-refractivity contribution in [2.24, 2.45) is 0 Å². The molecule has 10 rings (SSSR count). The monoisotopic (exact) mass is 640 g/mol. The van der Waals surface area contributed by atoms with Crippen molar-refractivity contribution in [1.82, 2.24) is 9.97 Å². The van der Waals surface area contributed by atoms with E-state index in [9.17, 15) is 0 Å². The molecule has 0 N–H and O–H groups in total. The van der Waals surface area contributed by atoms with Crippen LogP contribution in [-0.4, -0.2) is 9.97 Å². The summed E-state index contributed by atoms with van der Waals surface area (Å²) in [4.78, 5) is 10.4. The Morgan fingerprint density at radius 1 is 0.360 bits per heavy atom. The summed E-state index contributed by atoms with van der Waals surface area (Å²) in [6, 6.07) is 58.5. The van der Waals surface area contributed by atoms with Gasteiger partial charge in [0.15, 0.2) is 11.4 Å². The van der Waals surface area contributed by atoms with Gasteiger partial charge in [-0.1, -0.05) is 140 Å². The standard InChI is InChI=1S/C46H28N2O2/c1-4-13-29(14-5-1)31-23-25-33(26-24-31)46-47-42-35-19-10-11-21-39(35)49-45(42)43(48-46)36-20-12-22-40-41(36)38-28-34(30-15-6-2-7-16-30)27-37(44(38)50-40)32-17-8-3-9-18-32/h1-28H. The molecule has 0 spiro atoms. The zero-order valence-corrected chi connectivity index (χ0v) is 26.9. The number of hydrogen-bond acceptors (Lipinski definition) is 4. The molecule has 0 unspecified atom stereocenters. The Hall–Kier alpha value is -6.78. The highest BCUT2D eigenvalue weighted by Crippen LogP contribution is 2.45. The molecule has 0 aliphatic carbocycles. The van der Waals surface area contributed by atoms with Crippen molar-refractivity contribution in [2.45, 2.75) is 0 Å². The molecule has 4 heteroatoms. The molecule has 10 aromatic rings. The van der Waals surface area contributed by atoms with Crippen LogP contribution in [0.5, 0.6) is 0 Å². The lowest BCUT2D eigenvalue weighted by molar-refractivity contribution is 0.667. The van der Waals surface area contributed by atoms with Gasteiger partial charge in [0.2, 0.25) is 0 Å². The van der Waals surface area contributed by atoms with Gasteiger partial charge in [0.25, 0.3) is 0 Å². The Morgan fingerprint density at radius 2 is 0.940 bits per heavy atom. The molecule has 0 saturated heterocycles. The van der Waals surface area contributed by atoms with Gasteiger partial charge in [-0.3, -0.25) is 0 Å². The minimum absolute atomic E-state index is 0.637. The van der Waals surface area contributed by atoms with E-state index < -0.39 is 0 Å². The molecule has 3 heterocycles. The second-order valence-electron chi connectivity index (χ2n) is 12.5. The summed E-state index contributed by atoms with van der Waals surface area (Å²) in [6.45, 7) is 0. The fourth-order valence-electron chi connectivity index (χ4n) is 7.10. The first-order valence-corrected chi connectivity index (χ1v) is 16.7. The van der Waals surface area contributed by atoms with Crippen LogP contribution in [0.15, 0.2) is 179 Å². The first kappa shape index (κ1) is 28.3. The average molecular weight is 641 g/mol. The van der Waals surface area contributed by atoms with E-state index >= 15 is 0 Å². The normalized spacial score (nSPS) is 11.6. The lowest BCUT2D eigenvalue weighted by atomic mass is 9.94. The van der Waals surface area contributed by atoms with E-state index in [4.69, 9.17) is 18.8 Å². The number of aromatic nitrogens is 2. The maximum absolute atomic E-state index is 6.76. The third-order valence-electron chi connectivity index (χ3n) is 9.51. The van der Waals surface area contributed by atoms with Crippen LogP contribution in [0.2, 0.25) is 0 Å². The Morgan fingerprint density at radius 3 is 1.68 bits per heavy atom. The molecule has 7 aromatic carbocycles. The maximum Gasteiger partial charge on any atom is 0.180 e. The number of fused-ring (bicyclic) bond motifs is 6. The highest BCUT2D eigenvalue weighted by atomic mass is 16.3. The van der Waals surface area contributed by atoms with Gasteiger partial charge >= 0.3 is 0 Å². The van der Waals surface area contributed by atoms with E-state index in [1.165, 1.54) is 5.56 Å². The van der Waals surface area contributed by atoms with Crippen LogP contribution >= 0.6 is 0 Å². The fraction of sp³-hybridized carbons (Fsp3) is 0. The van der Waals surface area contributed by atoms with E-state index in [0.29, 0.717) is 11.4 Å². The SMILES string of the molecule is c1ccc(-c2ccc(-c3nc(-c4cccc5oc6c(-c7ccccc7)cc(-c7ccccc7)cc6c45)c4oc5ccccc5c4n3)cc2)cc1. The number of rotatable bonds is 5. The Balaban J connectivity index is 1.25. The molecule has 50 heavy (non-hydrogen) atoms. The van der Waals surface area contributed by atoms with Crippen molar-refractivity contribution in [3.05, 3.63) is 170 Å². The van der Waals surface area contributed by atoms with Gasteiger partial charge in [-0.2, -0.15) is 0 Å². The summed E-state index contributed by atoms with van der Waals surface area (Å²) in [7, 11) is 0. The van der Waals surface area contributed by atoms with Crippen LogP contribution in [-0.2, 0) is 0 Å². The van der Waals surface area contributed by atoms with Gasteiger partial charge in [0.1, 0.15) is 28.0 Å². The number of benzene rings is 7. The smallest absolute Gasteiger partial charge is 0.180 e. The van der Waals surface area contributed by atoms with Crippen LogP contribution < -0.4 is 0 Å². The first-order valence-electron chi connectivity index (χ1n) is 16.7. The number of para-hydroxylation sites is 1. The largest absolute Gasteiger partial charge is 0.455 e. The predicted octanol–water partition coefficient (Wildman–Crippen LogP) is 12.6. The molecule has 0 amide bonds. The lowest BCUT2D eigenvalue weighted by Gasteiger charge is -2.10. The van der Waals surface area contributed by atoms with E-state index in [1.54, 1.807) is 0 Å². The minimum atomic E-state index is 0.637. The van der Waals surface area contributed by atoms with E-state index in [0.717, 1.165) is 83.1 Å². The third-order valence-corrected chi connectivity index (χ3v) is 9.51. The quantitative estimate of drug-likeness (QED) is 0.188. The van der Waals surface area contributed by atoms with E-state index in [1.807, 2.05) is 48.5 Å². The zero-order chi connectivity index (χ0) is 33.0. The van der Waals surface area contributed by atoms with Crippen LogP contribution in [0.25, 0.3) is 100 Å². The van der Waals surface area contributed by atoms with Crippen LogP contribution in [0, 0.1) is 0 Å². The van der Waals surface area contributed by atoms with Crippen molar-refractivity contribution in [3.8, 4) is 56.0 Å². The zero-order valence-electron chi connectivity index (χ0n) is 26.9. The molecule has 0 aliphatic rings. The van der Waals surface area contributed by atoms with Crippen molar-refractivity contribution < 1.29 is 8.83 Å². The van der Waals surface area contributed by atoms with Gasteiger partial charge in [-0.25, -0.2) is 9.97 Å². The molecule has 0 aliphatic heterocycles. The summed E-state index contributed by atoms with van der Waals surface area (Å²) >= 11 is 0. The van der Waals surface area contributed by atoms with E-state index in [2.05, 4.69) is 121 Å². The first-order chi connectivity index (χ1) is 24.8. The second kappa shape index (κ2) is 11.4. The van der Waals surface area contributed by atoms with Gasteiger partial charge in [-0.05, 0) is 58.1 Å². The third kappa shape index (κ3) is 4.61. The molecule has 0 saturated carbocycles. The van der Waals surface area contributed by atoms with Crippen molar-refractivity contribution in [1.29, 1.82) is 0 Å². The topological polar surface area (TPSA) is 52.1 Å². The molecule has 0 atom stereocenters. The van der Waals surface area contributed by atoms with Crippen molar-refractivity contribution in [2.75, 3.05) is 0 Å². The molecule has 0 radical (unpaired) electrons. The van der Waals surface area contributed by atoms with E-state index in [-0.39, 0.29) is 0 Å². The molecular formula is C46H28N2O2. The second-order valence-corrected chi connectivity index (χ2v) is 12.5. The highest BCUT2D eigenvalue weighted by molar-refractivity contribution is 6.18. The molecular weight excluding hydrogens is 613 g/mol. The summed E-state index contributed by atoms with van der Waals surface area (Å²) in [6.07, 6.45) is 0.